The first-order chi connectivity index (χ1) is 12.1. The molecule has 0 aromatic heterocycles. The van der Waals surface area contributed by atoms with Gasteiger partial charge in [0.05, 0.1) is 24.7 Å². The average molecular weight is 358 g/mol. The largest absolute Gasteiger partial charge is 0.497 e. The van der Waals surface area contributed by atoms with Gasteiger partial charge in [0.2, 0.25) is 0 Å². The van der Waals surface area contributed by atoms with Gasteiger partial charge in [-0.15, -0.1) is 0 Å². The van der Waals surface area contributed by atoms with Gasteiger partial charge in [-0.05, 0) is 62.6 Å². The van der Waals surface area contributed by atoms with E-state index in [9.17, 15) is 9.90 Å². The molecule has 0 saturated carbocycles. The van der Waals surface area contributed by atoms with Crippen LogP contribution in [-0.2, 0) is 19.7 Å². The quantitative estimate of drug-likeness (QED) is 0.871. The summed E-state index contributed by atoms with van der Waals surface area (Å²) in [7, 11) is 1.63. The van der Waals surface area contributed by atoms with Crippen LogP contribution in [0.5, 0.6) is 5.75 Å². The van der Waals surface area contributed by atoms with E-state index in [0.29, 0.717) is 13.0 Å². The molecule has 0 unspecified atom stereocenters. The van der Waals surface area contributed by atoms with Crippen LogP contribution < -0.4 is 4.74 Å². The molecular formula is C21H26O5. The number of rotatable bonds is 5. The summed E-state index contributed by atoms with van der Waals surface area (Å²) < 4.78 is 17.0. The van der Waals surface area contributed by atoms with Crippen LogP contribution in [0, 0.1) is 0 Å². The first-order valence-corrected chi connectivity index (χ1v) is 8.73. The van der Waals surface area contributed by atoms with Crippen LogP contribution in [0.3, 0.4) is 0 Å². The predicted molar refractivity (Wildman–Crippen MR) is 99.6 cm³/mol. The zero-order chi connectivity index (χ0) is 19.2. The number of carbonyl (C=O) groups is 1. The summed E-state index contributed by atoms with van der Waals surface area (Å²) in [5.41, 5.74) is -1.00. The van der Waals surface area contributed by atoms with Gasteiger partial charge in [-0.2, -0.15) is 0 Å². The molecule has 3 rings (SSSR count). The fourth-order valence-corrected chi connectivity index (χ4v) is 3.81. The minimum absolute atomic E-state index is 0.320. The summed E-state index contributed by atoms with van der Waals surface area (Å²) in [6.07, 6.45) is 0.320. The molecule has 1 N–H and O–H groups in total. The van der Waals surface area contributed by atoms with Crippen LogP contribution in [0.15, 0.2) is 36.4 Å². The molecule has 1 fully saturated rings. The molecule has 1 saturated heterocycles. The van der Waals surface area contributed by atoms with Gasteiger partial charge in [0.1, 0.15) is 5.75 Å². The molecule has 5 nitrogen and oxygen atoms in total. The lowest BCUT2D eigenvalue weighted by atomic mass is 9.74. The molecule has 0 aliphatic carbocycles. The Labute approximate surface area is 153 Å². The molecule has 5 heteroatoms. The van der Waals surface area contributed by atoms with E-state index >= 15 is 0 Å². The zero-order valence-electron chi connectivity index (χ0n) is 16.0. The van der Waals surface area contributed by atoms with E-state index in [1.807, 2.05) is 57.2 Å². The maximum Gasteiger partial charge on any atom is 0.313 e. The first kappa shape index (κ1) is 18.7. The molecule has 0 spiro atoms. The van der Waals surface area contributed by atoms with Crippen LogP contribution in [0.2, 0.25) is 0 Å². The fourth-order valence-electron chi connectivity index (χ4n) is 3.81. The minimum atomic E-state index is -1.09. The summed E-state index contributed by atoms with van der Waals surface area (Å²) in [5, 5.41) is 12.0. The highest BCUT2D eigenvalue weighted by Crippen LogP contribution is 2.41. The molecule has 0 bridgehead atoms. The van der Waals surface area contributed by atoms with E-state index in [0.717, 1.165) is 22.1 Å². The molecule has 1 aliphatic heterocycles. The van der Waals surface area contributed by atoms with Crippen LogP contribution in [0.4, 0.5) is 0 Å². The second-order valence-electron chi connectivity index (χ2n) is 7.98. The molecule has 0 radical (unpaired) electrons. The summed E-state index contributed by atoms with van der Waals surface area (Å²) in [4.78, 5) is 12.2. The highest BCUT2D eigenvalue weighted by Gasteiger charge is 2.49. The van der Waals surface area contributed by atoms with E-state index < -0.39 is 22.8 Å². The van der Waals surface area contributed by atoms with E-state index in [1.165, 1.54) is 0 Å². The monoisotopic (exact) mass is 358 g/mol. The van der Waals surface area contributed by atoms with Gasteiger partial charge in [0, 0.05) is 0 Å². The average Bonchev–Trinajstić information content (AvgIpc) is 2.86. The van der Waals surface area contributed by atoms with Crippen molar-refractivity contribution in [3.63, 3.8) is 0 Å². The van der Waals surface area contributed by atoms with Crippen molar-refractivity contribution in [1.82, 2.24) is 0 Å². The van der Waals surface area contributed by atoms with Gasteiger partial charge in [-0.3, -0.25) is 4.79 Å². The number of carboxylic acids is 1. The molecule has 1 heterocycles. The SMILES string of the molecule is COc1ccc2cc([C@](C)(C[C@]3(C)COC(C)(C)O3)C(=O)O)ccc2c1. The number of hydrogen-bond acceptors (Lipinski definition) is 4. The number of aliphatic carboxylic acids is 1. The standard InChI is InChI=1S/C21H26O5/c1-19(2)25-13-20(3,26-19)12-21(4,18(22)23)16-8-6-15-11-17(24-5)9-7-14(15)10-16/h6-11H,12-13H2,1-5H3,(H,22,23)/t20-,21+/m1/s1. The van der Waals surface area contributed by atoms with Crippen molar-refractivity contribution in [3.05, 3.63) is 42.0 Å². The van der Waals surface area contributed by atoms with Gasteiger partial charge in [-0.1, -0.05) is 24.3 Å². The second-order valence-corrected chi connectivity index (χ2v) is 7.98. The fraction of sp³-hybridized carbons (Fsp3) is 0.476. The first-order valence-electron chi connectivity index (χ1n) is 8.73. The van der Waals surface area contributed by atoms with E-state index in [2.05, 4.69) is 0 Å². The number of methoxy groups -OCH3 is 1. The van der Waals surface area contributed by atoms with E-state index in [4.69, 9.17) is 14.2 Å². The predicted octanol–water partition coefficient (Wildman–Crippen LogP) is 4.12. The zero-order valence-corrected chi connectivity index (χ0v) is 16.0. The molecule has 140 valence electrons. The molecule has 1 aliphatic rings. The lowest BCUT2D eigenvalue weighted by Gasteiger charge is -2.34. The number of hydrogen-bond donors (Lipinski definition) is 1. The topological polar surface area (TPSA) is 65.0 Å². The normalized spacial score (nSPS) is 24.3. The smallest absolute Gasteiger partial charge is 0.313 e. The Morgan fingerprint density at radius 2 is 1.85 bits per heavy atom. The summed E-state index contributed by atoms with van der Waals surface area (Å²) in [5.74, 6) is -0.800. The number of carboxylic acid groups (broad SMARTS) is 1. The summed E-state index contributed by atoms with van der Waals surface area (Å²) >= 11 is 0. The van der Waals surface area contributed by atoms with Crippen molar-refractivity contribution < 1.29 is 24.1 Å². The third-order valence-electron chi connectivity index (χ3n) is 5.10. The molecule has 2 aromatic rings. The Bertz CT molecular complexity index is 843. The van der Waals surface area contributed by atoms with Gasteiger partial charge in [0.25, 0.3) is 0 Å². The van der Waals surface area contributed by atoms with Gasteiger partial charge >= 0.3 is 5.97 Å². The van der Waals surface area contributed by atoms with Gasteiger partial charge < -0.3 is 19.3 Å². The number of benzene rings is 2. The van der Waals surface area contributed by atoms with Crippen LogP contribution in [0.1, 0.15) is 39.7 Å². The van der Waals surface area contributed by atoms with Crippen molar-refractivity contribution in [2.24, 2.45) is 0 Å². The van der Waals surface area contributed by atoms with Crippen LogP contribution in [0.25, 0.3) is 10.8 Å². The Morgan fingerprint density at radius 3 is 2.42 bits per heavy atom. The molecule has 0 amide bonds. The van der Waals surface area contributed by atoms with Crippen molar-refractivity contribution in [2.75, 3.05) is 13.7 Å². The van der Waals surface area contributed by atoms with Gasteiger partial charge in [0.15, 0.2) is 5.79 Å². The Hall–Kier alpha value is -2.11. The Morgan fingerprint density at radius 1 is 1.19 bits per heavy atom. The van der Waals surface area contributed by atoms with Crippen molar-refractivity contribution >= 4 is 16.7 Å². The minimum Gasteiger partial charge on any atom is -0.497 e. The van der Waals surface area contributed by atoms with E-state index in [1.54, 1.807) is 14.0 Å². The maximum atomic E-state index is 12.2. The maximum absolute atomic E-state index is 12.2. The lowest BCUT2D eigenvalue weighted by molar-refractivity contribution is -0.166. The van der Waals surface area contributed by atoms with E-state index in [-0.39, 0.29) is 0 Å². The van der Waals surface area contributed by atoms with Crippen molar-refractivity contribution in [3.8, 4) is 5.75 Å². The molecular weight excluding hydrogens is 332 g/mol. The third kappa shape index (κ3) is 3.41. The van der Waals surface area contributed by atoms with Crippen molar-refractivity contribution in [2.45, 2.75) is 50.9 Å². The molecule has 26 heavy (non-hydrogen) atoms. The molecule has 2 atom stereocenters. The Balaban J connectivity index is 1.99. The van der Waals surface area contributed by atoms with Crippen molar-refractivity contribution in [1.29, 1.82) is 0 Å². The number of fused-ring (bicyclic) bond motifs is 1. The van der Waals surface area contributed by atoms with Crippen LogP contribution in [-0.4, -0.2) is 36.2 Å². The lowest BCUT2D eigenvalue weighted by Crippen LogP contribution is -2.43. The van der Waals surface area contributed by atoms with Crippen LogP contribution >= 0.6 is 0 Å². The second kappa shape index (κ2) is 6.25. The Kier molecular flexibility index (Phi) is 4.49. The highest BCUT2D eigenvalue weighted by atomic mass is 16.8. The van der Waals surface area contributed by atoms with Gasteiger partial charge in [-0.25, -0.2) is 0 Å². The highest BCUT2D eigenvalue weighted by molar-refractivity contribution is 5.88. The molecule has 2 aromatic carbocycles. The summed E-state index contributed by atoms with van der Waals surface area (Å²) in [6.45, 7) is 7.72. The number of ether oxygens (including phenoxy) is 3. The summed E-state index contributed by atoms with van der Waals surface area (Å²) in [6, 6.07) is 11.5. The third-order valence-corrected chi connectivity index (χ3v) is 5.10.